The monoisotopic (exact) mass is 413 g/mol. The molecule has 3 heterocycles. The van der Waals surface area contributed by atoms with Crippen LogP contribution in [0.4, 0.5) is 0 Å². The minimum Gasteiger partial charge on any atom is -0.298 e. The molecule has 0 saturated carbocycles. The fourth-order valence-electron chi connectivity index (χ4n) is 3.66. The largest absolute Gasteiger partial charge is 0.333 e. The van der Waals surface area contributed by atoms with Crippen LogP contribution < -0.4 is 11.2 Å². The molecule has 0 radical (unpaired) electrons. The third kappa shape index (κ3) is 2.52. The molecule has 0 aliphatic carbocycles. The number of carbonyl (C=O) groups is 1. The van der Waals surface area contributed by atoms with E-state index >= 15 is 0 Å². The van der Waals surface area contributed by atoms with Gasteiger partial charge in [0.2, 0.25) is 5.78 Å². The number of halogens is 1. The molecular formula is C20H20ClN5O3. The van der Waals surface area contributed by atoms with Crippen LogP contribution >= 0.6 is 11.6 Å². The number of hydrogen-bond donors (Lipinski definition) is 0. The van der Waals surface area contributed by atoms with Crippen molar-refractivity contribution >= 4 is 34.3 Å². The van der Waals surface area contributed by atoms with Gasteiger partial charge in [0, 0.05) is 18.4 Å². The molecule has 0 fully saturated rings. The van der Waals surface area contributed by atoms with E-state index in [-0.39, 0.29) is 16.9 Å². The summed E-state index contributed by atoms with van der Waals surface area (Å²) >= 11 is 6.41. The number of aromatic nitrogens is 5. The molecule has 1 unspecified atom stereocenters. The average Bonchev–Trinajstić information content (AvgIpc) is 3.17. The molecule has 0 amide bonds. The molecule has 0 aliphatic heterocycles. The van der Waals surface area contributed by atoms with Gasteiger partial charge in [0.05, 0.1) is 16.8 Å². The summed E-state index contributed by atoms with van der Waals surface area (Å²) in [6.45, 7) is 6.69. The number of carbonyl (C=O) groups excluding carboxylic acids is 1. The third-order valence-electron chi connectivity index (χ3n) is 5.54. The summed E-state index contributed by atoms with van der Waals surface area (Å²) < 4.78 is 5.87. The Balaban J connectivity index is 2.23. The van der Waals surface area contributed by atoms with Gasteiger partial charge in [-0.15, -0.1) is 0 Å². The van der Waals surface area contributed by atoms with Gasteiger partial charge in [0.1, 0.15) is 0 Å². The Kier molecular flexibility index (Phi) is 4.27. The number of para-hydroxylation sites is 1. The van der Waals surface area contributed by atoms with Crippen LogP contribution in [0.2, 0.25) is 5.02 Å². The fourth-order valence-corrected chi connectivity index (χ4v) is 3.88. The maximum atomic E-state index is 13.3. The first-order valence-electron chi connectivity index (χ1n) is 9.13. The Morgan fingerprint density at radius 2 is 1.79 bits per heavy atom. The zero-order valence-electron chi connectivity index (χ0n) is 16.7. The molecule has 1 atom stereocenters. The number of nitrogens with zero attached hydrogens (tertiary/aromatic N) is 5. The van der Waals surface area contributed by atoms with Gasteiger partial charge in [-0.2, -0.15) is 4.98 Å². The number of benzene rings is 1. The summed E-state index contributed by atoms with van der Waals surface area (Å²) in [5.41, 5.74) is 1.76. The van der Waals surface area contributed by atoms with Gasteiger partial charge in [0.25, 0.3) is 5.56 Å². The lowest BCUT2D eigenvalue weighted by atomic mass is 10.2. The fraction of sp³-hybridized carbons (Fsp3) is 0.300. The van der Waals surface area contributed by atoms with Crippen molar-refractivity contribution in [3.05, 3.63) is 61.5 Å². The van der Waals surface area contributed by atoms with E-state index in [2.05, 4.69) is 4.98 Å². The van der Waals surface area contributed by atoms with Crippen molar-refractivity contribution in [1.29, 1.82) is 0 Å². The molecule has 0 aliphatic rings. The van der Waals surface area contributed by atoms with Crippen LogP contribution in [0.1, 0.15) is 31.3 Å². The SMILES string of the molecule is CC(=O)C(C)n1c(=O)c2c(nc3n(-c4ccccc4Cl)c(C)c(C)n23)n(C)c1=O. The van der Waals surface area contributed by atoms with E-state index in [0.29, 0.717) is 10.8 Å². The Labute approximate surface area is 170 Å². The van der Waals surface area contributed by atoms with Crippen LogP contribution in [0.5, 0.6) is 0 Å². The lowest BCUT2D eigenvalue weighted by molar-refractivity contribution is -0.119. The Morgan fingerprint density at radius 1 is 1.14 bits per heavy atom. The molecule has 1 aromatic carbocycles. The molecule has 0 saturated heterocycles. The van der Waals surface area contributed by atoms with E-state index in [0.717, 1.165) is 21.6 Å². The summed E-state index contributed by atoms with van der Waals surface area (Å²) in [5, 5.41) is 0.539. The Hall–Kier alpha value is -3.13. The van der Waals surface area contributed by atoms with Gasteiger partial charge in [-0.25, -0.2) is 9.36 Å². The van der Waals surface area contributed by atoms with E-state index in [1.807, 2.05) is 36.6 Å². The van der Waals surface area contributed by atoms with Crippen molar-refractivity contribution in [2.45, 2.75) is 33.7 Å². The number of rotatable bonds is 3. The summed E-state index contributed by atoms with van der Waals surface area (Å²) in [5.74, 6) is 0.203. The van der Waals surface area contributed by atoms with Gasteiger partial charge < -0.3 is 0 Å². The predicted octanol–water partition coefficient (Wildman–Crippen LogP) is 2.56. The number of imidazole rings is 2. The Bertz CT molecular complexity index is 1440. The first-order valence-corrected chi connectivity index (χ1v) is 9.51. The van der Waals surface area contributed by atoms with Crippen LogP contribution in [0.3, 0.4) is 0 Å². The van der Waals surface area contributed by atoms with Crippen molar-refractivity contribution < 1.29 is 4.79 Å². The second kappa shape index (κ2) is 6.45. The van der Waals surface area contributed by atoms with Crippen LogP contribution in [0.15, 0.2) is 33.9 Å². The highest BCUT2D eigenvalue weighted by atomic mass is 35.5. The highest BCUT2D eigenvalue weighted by Gasteiger charge is 2.26. The highest BCUT2D eigenvalue weighted by molar-refractivity contribution is 6.32. The topological polar surface area (TPSA) is 83.3 Å². The van der Waals surface area contributed by atoms with Crippen LogP contribution in [-0.2, 0) is 11.8 Å². The Morgan fingerprint density at radius 3 is 2.41 bits per heavy atom. The second-order valence-electron chi connectivity index (χ2n) is 7.18. The van der Waals surface area contributed by atoms with E-state index in [9.17, 15) is 14.4 Å². The van der Waals surface area contributed by atoms with Gasteiger partial charge in [0.15, 0.2) is 16.9 Å². The molecule has 3 aromatic heterocycles. The van der Waals surface area contributed by atoms with Crippen LogP contribution in [0, 0.1) is 13.8 Å². The molecule has 150 valence electrons. The van der Waals surface area contributed by atoms with E-state index in [1.54, 1.807) is 24.4 Å². The van der Waals surface area contributed by atoms with Gasteiger partial charge in [-0.05, 0) is 39.8 Å². The van der Waals surface area contributed by atoms with Gasteiger partial charge in [-0.3, -0.25) is 23.1 Å². The highest BCUT2D eigenvalue weighted by Crippen LogP contribution is 2.28. The number of hydrogen-bond acceptors (Lipinski definition) is 4. The quantitative estimate of drug-likeness (QED) is 0.516. The van der Waals surface area contributed by atoms with E-state index in [4.69, 9.17) is 11.6 Å². The molecule has 9 heteroatoms. The summed E-state index contributed by atoms with van der Waals surface area (Å²) in [7, 11) is 1.54. The van der Waals surface area contributed by atoms with Crippen molar-refractivity contribution in [1.82, 2.24) is 23.1 Å². The molecule has 0 bridgehead atoms. The maximum absolute atomic E-state index is 13.3. The lowest BCUT2D eigenvalue weighted by Crippen LogP contribution is -2.42. The predicted molar refractivity (Wildman–Crippen MR) is 111 cm³/mol. The molecule has 4 aromatic rings. The summed E-state index contributed by atoms with van der Waals surface area (Å²) in [4.78, 5) is 42.6. The normalized spacial score (nSPS) is 12.8. The molecule has 29 heavy (non-hydrogen) atoms. The number of Topliss-reactive ketones (excluding diaryl/α,β-unsaturated/α-hetero) is 1. The lowest BCUT2D eigenvalue weighted by Gasteiger charge is -2.12. The average molecular weight is 414 g/mol. The van der Waals surface area contributed by atoms with Crippen LogP contribution in [-0.4, -0.2) is 28.9 Å². The van der Waals surface area contributed by atoms with Crippen molar-refractivity contribution in [2.75, 3.05) is 0 Å². The van der Waals surface area contributed by atoms with Gasteiger partial charge >= 0.3 is 5.69 Å². The minimum absolute atomic E-state index is 0.251. The van der Waals surface area contributed by atoms with E-state index in [1.165, 1.54) is 11.5 Å². The summed E-state index contributed by atoms with van der Waals surface area (Å²) in [6, 6.07) is 6.48. The standard InChI is InChI=1S/C20H20ClN5O3/c1-10-11(2)25-16-17(22-19(25)24(10)15-9-7-6-8-14(15)21)23(5)20(29)26(18(16)28)12(3)13(4)27/h6-9,12H,1-5H3. The van der Waals surface area contributed by atoms with Gasteiger partial charge in [-0.1, -0.05) is 23.7 Å². The van der Waals surface area contributed by atoms with E-state index < -0.39 is 17.3 Å². The van der Waals surface area contributed by atoms with Crippen molar-refractivity contribution in [3.8, 4) is 5.69 Å². The molecule has 8 nitrogen and oxygen atoms in total. The number of ketones is 1. The minimum atomic E-state index is -0.872. The number of aryl methyl sites for hydroxylation is 2. The first-order chi connectivity index (χ1) is 13.7. The molecule has 0 spiro atoms. The van der Waals surface area contributed by atoms with Crippen LogP contribution in [0.25, 0.3) is 22.6 Å². The van der Waals surface area contributed by atoms with Crippen molar-refractivity contribution in [2.24, 2.45) is 7.05 Å². The molecular weight excluding hydrogens is 394 g/mol. The summed E-state index contributed by atoms with van der Waals surface area (Å²) in [6.07, 6.45) is 0. The maximum Gasteiger partial charge on any atom is 0.333 e. The molecule has 0 N–H and O–H groups in total. The third-order valence-corrected chi connectivity index (χ3v) is 5.86. The zero-order valence-corrected chi connectivity index (χ0v) is 17.5. The second-order valence-corrected chi connectivity index (χ2v) is 7.59. The van der Waals surface area contributed by atoms with Crippen molar-refractivity contribution in [3.63, 3.8) is 0 Å². The first kappa shape index (κ1) is 19.2. The smallest absolute Gasteiger partial charge is 0.298 e. The molecule has 4 rings (SSSR count). The zero-order chi connectivity index (χ0) is 21.2. The number of fused-ring (bicyclic) bond motifs is 3.